The van der Waals surface area contributed by atoms with Crippen LogP contribution in [0.4, 0.5) is 4.79 Å². The number of rotatable bonds is 21. The smallest absolute Gasteiger partial charge is 0.410 e. The topological polar surface area (TPSA) is 232 Å². The number of likely N-dealkylation sites (N-methyl/N-ethyl adjacent to an activating group) is 2. The summed E-state index contributed by atoms with van der Waals surface area (Å²) < 4.78 is 18.8. The van der Waals surface area contributed by atoms with Crippen LogP contribution >= 0.6 is 0 Å². The first-order chi connectivity index (χ1) is 32.7. The number of aryl methyl sites for hydroxylation is 1. The number of benzene rings is 1. The largest absolute Gasteiger partial charge is 0.481 e. The van der Waals surface area contributed by atoms with Crippen molar-refractivity contribution in [3.8, 4) is 0 Å². The molecule has 0 aliphatic carbocycles. The van der Waals surface area contributed by atoms with E-state index in [1.54, 1.807) is 75.4 Å². The minimum atomic E-state index is -1.32. The Labute approximate surface area is 427 Å². The number of carboxylic acids is 1. The number of ether oxygens (including phenoxy) is 3. The van der Waals surface area contributed by atoms with Gasteiger partial charge in [-0.2, -0.15) is 0 Å². The number of hydrogen-bond donors (Lipinski definition) is 4. The zero-order chi connectivity index (χ0) is 55.6. The van der Waals surface area contributed by atoms with E-state index in [1.807, 2.05) is 90.5 Å². The van der Waals surface area contributed by atoms with E-state index < -0.39 is 105 Å². The van der Waals surface area contributed by atoms with Gasteiger partial charge in [0.2, 0.25) is 23.6 Å². The monoisotopic (exact) mass is 1010 g/mol. The van der Waals surface area contributed by atoms with E-state index in [0.29, 0.717) is 0 Å². The highest BCUT2D eigenvalue weighted by atomic mass is 16.6. The Kier molecular flexibility index (Phi) is 21.3. The fraction of sp³-hybridized carbons (Fsp3) is 0.667. The second-order valence-electron chi connectivity index (χ2n) is 23.8. The zero-order valence-electron chi connectivity index (χ0n) is 46.7. The number of aromatic nitrogens is 1. The molecule has 0 aliphatic rings. The summed E-state index contributed by atoms with van der Waals surface area (Å²) in [5, 5.41) is 18.4. The maximum Gasteiger partial charge on any atom is 0.410 e. The van der Waals surface area contributed by atoms with Gasteiger partial charge in [-0.3, -0.25) is 28.9 Å². The minimum Gasteiger partial charge on any atom is -0.481 e. The number of fused-ring (bicyclic) bond motifs is 1. The van der Waals surface area contributed by atoms with Crippen molar-refractivity contribution >= 4 is 58.5 Å². The van der Waals surface area contributed by atoms with E-state index in [9.17, 15) is 33.6 Å². The molecule has 2 aromatic rings. The van der Waals surface area contributed by atoms with E-state index in [-0.39, 0.29) is 43.6 Å². The van der Waals surface area contributed by atoms with Crippen LogP contribution in [0.1, 0.15) is 155 Å². The molecule has 18 nitrogen and oxygen atoms in total. The normalized spacial score (nSPS) is 14.8. The van der Waals surface area contributed by atoms with Gasteiger partial charge in [0, 0.05) is 62.1 Å². The summed E-state index contributed by atoms with van der Waals surface area (Å²) in [5.74, 6) is -5.26. The third-order valence-electron chi connectivity index (χ3n) is 11.8. The van der Waals surface area contributed by atoms with Crippen LogP contribution in [-0.2, 0) is 60.2 Å². The number of para-hydroxylation sites is 1. The average Bonchev–Trinajstić information content (AvgIpc) is 3.56. The van der Waals surface area contributed by atoms with Gasteiger partial charge >= 0.3 is 24.0 Å². The lowest BCUT2D eigenvalue weighted by Crippen LogP contribution is -2.63. The maximum atomic E-state index is 15.0. The second-order valence-corrected chi connectivity index (χ2v) is 23.8. The van der Waals surface area contributed by atoms with Gasteiger partial charge in [-0.05, 0) is 111 Å². The Morgan fingerprint density at radius 3 is 1.71 bits per heavy atom. The van der Waals surface area contributed by atoms with Gasteiger partial charge in [0.15, 0.2) is 0 Å². The van der Waals surface area contributed by atoms with Crippen molar-refractivity contribution in [2.75, 3.05) is 14.1 Å². The molecule has 1 aromatic carbocycles. The Bertz CT molecular complexity index is 2300. The molecule has 1 heterocycles. The molecule has 0 unspecified atom stereocenters. The predicted octanol–water partition coefficient (Wildman–Crippen LogP) is 7.34. The number of hydrogen-bond acceptors (Lipinski definition) is 11. The number of nitrogens with one attached hydrogen (secondary N) is 3. The molecule has 72 heavy (non-hydrogen) atoms. The lowest BCUT2D eigenvalue weighted by Gasteiger charge is -2.42. The molecule has 0 spiro atoms. The van der Waals surface area contributed by atoms with E-state index in [4.69, 9.17) is 19.3 Å². The van der Waals surface area contributed by atoms with Gasteiger partial charge in [0.25, 0.3) is 0 Å². The fourth-order valence-corrected chi connectivity index (χ4v) is 8.25. The van der Waals surface area contributed by atoms with Crippen LogP contribution in [0, 0.1) is 11.3 Å². The first-order valence-corrected chi connectivity index (χ1v) is 24.7. The number of carbonyl (C=O) groups is 8. The molecule has 0 saturated heterocycles. The molecular weight excluding hydrogens is 925 g/mol. The number of carboxylic acid groups (broad SMARTS) is 1. The molecular formula is C54H86N6O12. The highest BCUT2D eigenvalue weighted by Gasteiger charge is 2.47. The lowest BCUT2D eigenvalue weighted by atomic mass is 9.76. The quantitative estimate of drug-likeness (QED) is 0.0547. The zero-order valence-corrected chi connectivity index (χ0v) is 46.7. The number of nitrogens with zero attached hydrogens (tertiary/aromatic N) is 3. The van der Waals surface area contributed by atoms with Crippen molar-refractivity contribution in [3.05, 3.63) is 47.7 Å². The molecule has 0 fully saturated rings. The van der Waals surface area contributed by atoms with Crippen molar-refractivity contribution in [2.24, 2.45) is 18.4 Å². The van der Waals surface area contributed by atoms with Gasteiger partial charge in [-0.25, -0.2) is 14.4 Å². The van der Waals surface area contributed by atoms with Crippen LogP contribution in [0.2, 0.25) is 0 Å². The summed E-state index contributed by atoms with van der Waals surface area (Å²) in [5.41, 5.74) is -2.73. The lowest BCUT2D eigenvalue weighted by molar-refractivity contribution is -0.160. The Balaban J connectivity index is 2.51. The van der Waals surface area contributed by atoms with E-state index in [2.05, 4.69) is 16.0 Å². The van der Waals surface area contributed by atoms with Gasteiger partial charge in [0.1, 0.15) is 41.0 Å². The number of amides is 5. The summed E-state index contributed by atoms with van der Waals surface area (Å²) in [4.78, 5) is 111. The molecule has 404 valence electrons. The molecule has 5 atom stereocenters. The average molecular weight is 1010 g/mol. The van der Waals surface area contributed by atoms with E-state index >= 15 is 4.79 Å². The van der Waals surface area contributed by atoms with Gasteiger partial charge in [0.05, 0.1) is 6.04 Å². The highest BCUT2D eigenvalue weighted by molar-refractivity contribution is 5.97. The third kappa shape index (κ3) is 18.6. The van der Waals surface area contributed by atoms with Crippen LogP contribution in [0.15, 0.2) is 42.1 Å². The van der Waals surface area contributed by atoms with Crippen molar-refractivity contribution in [3.63, 3.8) is 0 Å². The second kappa shape index (κ2) is 24.7. The molecule has 0 aliphatic heterocycles. The Morgan fingerprint density at radius 2 is 1.22 bits per heavy atom. The van der Waals surface area contributed by atoms with Crippen LogP contribution in [0.3, 0.4) is 0 Å². The highest BCUT2D eigenvalue weighted by Crippen LogP contribution is 2.37. The third-order valence-corrected chi connectivity index (χ3v) is 11.8. The van der Waals surface area contributed by atoms with Crippen LogP contribution in [0.5, 0.6) is 0 Å². The number of esters is 2. The summed E-state index contributed by atoms with van der Waals surface area (Å²) in [6.45, 7) is 29.6. The molecule has 0 saturated carbocycles. The van der Waals surface area contributed by atoms with Crippen molar-refractivity contribution < 1.29 is 57.7 Å². The Morgan fingerprint density at radius 1 is 0.708 bits per heavy atom. The molecule has 0 radical (unpaired) electrons. The number of aliphatic carboxylic acids is 1. The fourth-order valence-electron chi connectivity index (χ4n) is 8.25. The maximum absolute atomic E-state index is 15.0. The molecule has 5 amide bonds. The van der Waals surface area contributed by atoms with Crippen LogP contribution in [-0.4, -0.2) is 128 Å². The Hall–Kier alpha value is -5.94. The summed E-state index contributed by atoms with van der Waals surface area (Å²) >= 11 is 0. The molecule has 0 bridgehead atoms. The molecule has 1 aromatic heterocycles. The summed E-state index contributed by atoms with van der Waals surface area (Å²) in [6, 6.07) is 2.27. The molecule has 18 heteroatoms. The van der Waals surface area contributed by atoms with Crippen molar-refractivity contribution in [1.29, 1.82) is 0 Å². The summed E-state index contributed by atoms with van der Waals surface area (Å²) in [6.07, 6.45) is 2.12. The van der Waals surface area contributed by atoms with Crippen molar-refractivity contribution in [2.45, 2.75) is 202 Å². The minimum absolute atomic E-state index is 0.00393. The number of carbonyl (C=O) groups excluding carboxylic acids is 7. The molecule has 4 N–H and O–H groups in total. The molecule has 2 rings (SSSR count). The first kappa shape index (κ1) is 62.2. The van der Waals surface area contributed by atoms with Gasteiger partial charge in [-0.1, -0.05) is 72.7 Å². The standard InChI is InChI=1S/C54H86N6O12/c1-32(2)39(30-33(3)44(64)56-37(48(68)71-52(10,11)12)28-29-40(61)55-36(25-23-27-41(62)63)47(67)70-51(7,8)9)59(19)46(66)42(50(4,5)6)57-45(65)43(60(20)49(69)72-53(13,14)15)54(16,17)35-31-58(18)38-26-22-21-24-34(35)38/h21-22,24,26,30-32,36-37,39,42-43H,23,25,27-29H2,1-20H3,(H,55,61)(H,56,64)(H,57,65)(H,62,63)/b33-30+/t36-,37-,39-,42-,43-/m1/s1. The van der Waals surface area contributed by atoms with Gasteiger partial charge < -0.3 is 44.7 Å². The van der Waals surface area contributed by atoms with E-state index in [0.717, 1.165) is 16.5 Å². The first-order valence-electron chi connectivity index (χ1n) is 24.7. The SMILES string of the molecule is C/C(=C\[C@H](C(C)C)N(C)C(=O)[C@@H](NC(=O)[C@@H](N(C)C(=O)OC(C)(C)C)C(C)(C)c1cn(C)c2ccccc12)C(C)(C)C)C(=O)N[C@H](CCC(=O)N[C@H](CCCC(=O)O)C(=O)OC(C)(C)C)C(=O)OC(C)(C)C. The van der Waals surface area contributed by atoms with Crippen molar-refractivity contribution in [1.82, 2.24) is 30.3 Å². The van der Waals surface area contributed by atoms with E-state index in [1.165, 1.54) is 23.8 Å². The van der Waals surface area contributed by atoms with Crippen LogP contribution < -0.4 is 16.0 Å². The summed E-state index contributed by atoms with van der Waals surface area (Å²) in [7, 11) is 5.00. The predicted molar refractivity (Wildman–Crippen MR) is 277 cm³/mol. The van der Waals surface area contributed by atoms with Crippen LogP contribution in [0.25, 0.3) is 10.9 Å². The van der Waals surface area contributed by atoms with Gasteiger partial charge in [-0.15, -0.1) is 0 Å².